The highest BCUT2D eigenvalue weighted by Gasteiger charge is 2.50. The smallest absolute Gasteiger partial charge is 0.133 e. The highest BCUT2D eigenvalue weighted by atomic mass is 19.1. The maximum absolute atomic E-state index is 13.4. The minimum absolute atomic E-state index is 0.166. The van der Waals surface area contributed by atoms with Gasteiger partial charge in [0.25, 0.3) is 0 Å². The fraction of sp³-hybridized carbons (Fsp3) is 0.500. The van der Waals surface area contributed by atoms with Gasteiger partial charge in [-0.1, -0.05) is 25.0 Å². The van der Waals surface area contributed by atoms with Crippen molar-refractivity contribution in [3.8, 4) is 11.5 Å². The van der Waals surface area contributed by atoms with Gasteiger partial charge in [-0.05, 0) is 67.6 Å². The standard InChI is InChI=1S/C24H26F2O2/c25-19-13-20(26)15-22(14-19)28-21-3-1-2-18(12-21)24-10-8-23(9-11-24,16-27-24)7-6-17-4-5-17/h1-3,12-15,17H,4-11,16H2. The molecular formula is C24H26F2O2. The van der Waals surface area contributed by atoms with Gasteiger partial charge in [-0.25, -0.2) is 8.78 Å². The van der Waals surface area contributed by atoms with Crippen LogP contribution in [0, 0.1) is 23.0 Å². The van der Waals surface area contributed by atoms with Gasteiger partial charge in [0.05, 0.1) is 12.2 Å². The fourth-order valence-electron chi connectivity index (χ4n) is 4.94. The maximum Gasteiger partial charge on any atom is 0.133 e. The van der Waals surface area contributed by atoms with Crippen LogP contribution in [0.25, 0.3) is 0 Å². The van der Waals surface area contributed by atoms with E-state index in [0.717, 1.165) is 37.0 Å². The monoisotopic (exact) mass is 384 g/mol. The quantitative estimate of drug-likeness (QED) is 0.549. The molecule has 0 amide bonds. The van der Waals surface area contributed by atoms with Gasteiger partial charge >= 0.3 is 0 Å². The van der Waals surface area contributed by atoms with Crippen LogP contribution >= 0.6 is 0 Å². The van der Waals surface area contributed by atoms with Crippen LogP contribution in [0.3, 0.4) is 0 Å². The summed E-state index contributed by atoms with van der Waals surface area (Å²) in [4.78, 5) is 0. The summed E-state index contributed by atoms with van der Waals surface area (Å²) in [7, 11) is 0. The van der Waals surface area contributed by atoms with Crippen LogP contribution in [0.15, 0.2) is 42.5 Å². The molecule has 148 valence electrons. The normalized spacial score (nSPS) is 29.1. The molecule has 4 heteroatoms. The summed E-state index contributed by atoms with van der Waals surface area (Å²) in [6, 6.07) is 11.0. The number of benzene rings is 2. The number of halogens is 2. The highest BCUT2D eigenvalue weighted by Crippen LogP contribution is 2.56. The van der Waals surface area contributed by atoms with E-state index in [1.54, 1.807) is 0 Å². The molecule has 2 aromatic rings. The third-order valence-corrected chi connectivity index (χ3v) is 6.98. The molecule has 4 fully saturated rings. The molecule has 0 aromatic heterocycles. The number of fused-ring (bicyclic) bond motifs is 3. The Bertz CT molecular complexity index is 830. The zero-order valence-electron chi connectivity index (χ0n) is 16.1. The van der Waals surface area contributed by atoms with Crippen LogP contribution in [0.5, 0.6) is 11.5 Å². The zero-order chi connectivity index (χ0) is 19.2. The van der Waals surface area contributed by atoms with Crippen LogP contribution in [0.4, 0.5) is 8.78 Å². The summed E-state index contributed by atoms with van der Waals surface area (Å²) in [6.07, 6.45) is 10.0. The third kappa shape index (κ3) is 3.55. The molecule has 0 N–H and O–H groups in total. The second-order valence-electron chi connectivity index (χ2n) is 9.00. The fourth-order valence-corrected chi connectivity index (χ4v) is 4.94. The van der Waals surface area contributed by atoms with Gasteiger partial charge in [-0.15, -0.1) is 0 Å². The second kappa shape index (κ2) is 6.84. The van der Waals surface area contributed by atoms with Crippen molar-refractivity contribution >= 4 is 0 Å². The molecule has 2 heterocycles. The molecule has 2 aliphatic heterocycles. The Kier molecular flexibility index (Phi) is 4.42. The van der Waals surface area contributed by atoms with Crippen molar-refractivity contribution in [2.75, 3.05) is 6.61 Å². The highest BCUT2D eigenvalue weighted by molar-refractivity contribution is 5.37. The summed E-state index contributed by atoms with van der Waals surface area (Å²) in [5.74, 6) is 0.436. The predicted octanol–water partition coefficient (Wildman–Crippen LogP) is 6.73. The predicted molar refractivity (Wildman–Crippen MR) is 103 cm³/mol. The van der Waals surface area contributed by atoms with Gasteiger partial charge in [-0.3, -0.25) is 0 Å². The first-order chi connectivity index (χ1) is 13.5. The number of ether oxygens (including phenoxy) is 2. The molecule has 0 radical (unpaired) electrons. The van der Waals surface area contributed by atoms with Crippen molar-refractivity contribution in [3.63, 3.8) is 0 Å². The summed E-state index contributed by atoms with van der Waals surface area (Å²) >= 11 is 0. The molecule has 6 rings (SSSR count). The van der Waals surface area contributed by atoms with Gasteiger partial charge in [0.1, 0.15) is 23.1 Å². The molecule has 2 saturated heterocycles. The lowest BCUT2D eigenvalue weighted by Gasteiger charge is -2.53. The van der Waals surface area contributed by atoms with Crippen LogP contribution in [-0.4, -0.2) is 6.61 Å². The number of hydrogen-bond donors (Lipinski definition) is 0. The molecule has 2 saturated carbocycles. The van der Waals surface area contributed by atoms with Gasteiger partial charge in [0.15, 0.2) is 0 Å². The lowest BCUT2D eigenvalue weighted by molar-refractivity contribution is -0.192. The van der Waals surface area contributed by atoms with E-state index in [4.69, 9.17) is 9.47 Å². The van der Waals surface area contributed by atoms with E-state index >= 15 is 0 Å². The van der Waals surface area contributed by atoms with Crippen LogP contribution < -0.4 is 4.74 Å². The molecular weight excluding hydrogens is 358 g/mol. The minimum Gasteiger partial charge on any atom is -0.457 e. The third-order valence-electron chi connectivity index (χ3n) is 6.98. The summed E-state index contributed by atoms with van der Waals surface area (Å²) in [6.45, 7) is 0.847. The Balaban J connectivity index is 1.31. The van der Waals surface area contributed by atoms with Crippen molar-refractivity contribution in [1.29, 1.82) is 0 Å². The van der Waals surface area contributed by atoms with E-state index in [1.165, 1.54) is 50.7 Å². The Hall–Kier alpha value is -1.94. The number of hydrogen-bond acceptors (Lipinski definition) is 2. The van der Waals surface area contributed by atoms with E-state index < -0.39 is 11.6 Å². The molecule has 2 nitrogen and oxygen atoms in total. The lowest BCUT2D eigenvalue weighted by Crippen LogP contribution is -2.49. The van der Waals surface area contributed by atoms with Crippen molar-refractivity contribution < 1.29 is 18.3 Å². The SMILES string of the molecule is Fc1cc(F)cc(Oc2cccc(C34CCC(CCC5CC5)(CC3)CO4)c2)c1. The van der Waals surface area contributed by atoms with E-state index in [9.17, 15) is 8.78 Å². The van der Waals surface area contributed by atoms with Gasteiger partial charge in [0.2, 0.25) is 0 Å². The van der Waals surface area contributed by atoms with Gasteiger partial charge in [-0.2, -0.15) is 0 Å². The van der Waals surface area contributed by atoms with Crippen molar-refractivity contribution in [2.45, 2.75) is 57.0 Å². The average molecular weight is 384 g/mol. The van der Waals surface area contributed by atoms with E-state index in [0.29, 0.717) is 11.2 Å². The van der Waals surface area contributed by atoms with Gasteiger partial charge < -0.3 is 9.47 Å². The zero-order valence-corrected chi connectivity index (χ0v) is 16.1. The lowest BCUT2D eigenvalue weighted by atomic mass is 9.62. The molecule has 0 atom stereocenters. The van der Waals surface area contributed by atoms with Crippen molar-refractivity contribution in [1.82, 2.24) is 0 Å². The first kappa shape index (κ1) is 18.1. The van der Waals surface area contributed by atoms with Crippen LogP contribution in [0.2, 0.25) is 0 Å². The Morgan fingerprint density at radius 3 is 2.32 bits per heavy atom. The first-order valence-corrected chi connectivity index (χ1v) is 10.4. The average Bonchev–Trinajstić information content (AvgIpc) is 3.52. The largest absolute Gasteiger partial charge is 0.457 e. The summed E-state index contributed by atoms with van der Waals surface area (Å²) in [5, 5.41) is 0. The molecule has 2 aliphatic carbocycles. The van der Waals surface area contributed by atoms with E-state index in [-0.39, 0.29) is 11.4 Å². The minimum atomic E-state index is -0.643. The molecule has 2 bridgehead atoms. The van der Waals surface area contributed by atoms with Crippen molar-refractivity contribution in [2.24, 2.45) is 11.3 Å². The first-order valence-electron chi connectivity index (χ1n) is 10.4. The van der Waals surface area contributed by atoms with E-state index in [2.05, 4.69) is 6.07 Å². The summed E-state index contributed by atoms with van der Waals surface area (Å²) < 4.78 is 39.1. The Labute approximate surface area is 164 Å². The molecule has 4 aliphatic rings. The summed E-state index contributed by atoms with van der Waals surface area (Å²) in [5.41, 5.74) is 1.25. The Morgan fingerprint density at radius 2 is 1.68 bits per heavy atom. The van der Waals surface area contributed by atoms with Crippen molar-refractivity contribution in [3.05, 3.63) is 59.7 Å². The van der Waals surface area contributed by atoms with Crippen LogP contribution in [0.1, 0.15) is 56.9 Å². The molecule has 0 spiro atoms. The molecule has 28 heavy (non-hydrogen) atoms. The van der Waals surface area contributed by atoms with E-state index in [1.807, 2.05) is 18.2 Å². The molecule has 0 unspecified atom stereocenters. The Morgan fingerprint density at radius 1 is 0.929 bits per heavy atom. The topological polar surface area (TPSA) is 18.5 Å². The second-order valence-corrected chi connectivity index (χ2v) is 9.00. The maximum atomic E-state index is 13.4. The van der Waals surface area contributed by atoms with Crippen LogP contribution in [-0.2, 0) is 10.3 Å². The number of rotatable bonds is 6. The van der Waals surface area contributed by atoms with Gasteiger partial charge in [0, 0.05) is 18.2 Å². The molecule has 2 aromatic carbocycles.